The van der Waals surface area contributed by atoms with Gasteiger partial charge in [-0.1, -0.05) is 12.2 Å². The first-order valence-electron chi connectivity index (χ1n) is 7.19. The first kappa shape index (κ1) is 21.7. The quantitative estimate of drug-likeness (QED) is 0.289. The van der Waals surface area contributed by atoms with Crippen molar-refractivity contribution in [2.24, 2.45) is 0 Å². The van der Waals surface area contributed by atoms with Gasteiger partial charge in [-0.15, -0.1) is 6.58 Å². The maximum Gasteiger partial charge on any atom is 0.535 e. The van der Waals surface area contributed by atoms with Crippen molar-refractivity contribution in [3.63, 3.8) is 0 Å². The summed E-state index contributed by atoms with van der Waals surface area (Å²) in [6.07, 6.45) is 7.84. The molecule has 0 saturated carbocycles. The normalized spacial score (nSPS) is 12.3. The van der Waals surface area contributed by atoms with Crippen molar-refractivity contribution in [1.29, 1.82) is 0 Å². The van der Waals surface area contributed by atoms with Gasteiger partial charge in [-0.25, -0.2) is 0 Å². The predicted molar refractivity (Wildman–Crippen MR) is 90.3 cm³/mol. The molecule has 0 aliphatic rings. The zero-order valence-electron chi connectivity index (χ0n) is 14.6. The Balaban J connectivity index is 5.55. The third kappa shape index (κ3) is 5.10. The number of hydrogen-bond acceptors (Lipinski definition) is 6. The summed E-state index contributed by atoms with van der Waals surface area (Å²) in [5, 5.41) is 0. The molecule has 0 saturated heterocycles. The van der Waals surface area contributed by atoms with Crippen LogP contribution in [0.3, 0.4) is 0 Å². The van der Waals surface area contributed by atoms with Gasteiger partial charge in [0, 0.05) is 42.7 Å². The van der Waals surface area contributed by atoms with Crippen LogP contribution in [0.15, 0.2) is 23.6 Å². The Morgan fingerprint density at radius 3 is 1.41 bits per heavy atom. The maximum atomic E-state index is 5.59. The molecule has 0 unspecified atom stereocenters. The molecule has 0 aromatic heterocycles. The maximum absolute atomic E-state index is 5.59. The molecule has 0 aromatic rings. The zero-order chi connectivity index (χ0) is 17.1. The van der Waals surface area contributed by atoms with Crippen LogP contribution in [0.2, 0.25) is 0 Å². The lowest BCUT2D eigenvalue weighted by atomic mass is 10.2. The standard InChI is InChI=1S/C14H30O6Si2/c1-8-9-10-11-12-13-14(21(15-2,16-3)17-4)22(18-5,19-6)20-7/h8,13H,1,9-12H2,2-7H3. The minimum atomic E-state index is -3.09. The van der Waals surface area contributed by atoms with Crippen molar-refractivity contribution < 1.29 is 26.6 Å². The van der Waals surface area contributed by atoms with E-state index in [-0.39, 0.29) is 0 Å². The highest BCUT2D eigenvalue weighted by Crippen LogP contribution is 2.29. The lowest BCUT2D eigenvalue weighted by Gasteiger charge is -2.34. The third-order valence-electron chi connectivity index (χ3n) is 3.48. The average Bonchev–Trinajstić information content (AvgIpc) is 2.57. The summed E-state index contributed by atoms with van der Waals surface area (Å²) in [7, 11) is 3.19. The SMILES string of the molecule is C=CCCCCC=C([Si](OC)(OC)OC)[Si](OC)(OC)OC. The molecule has 0 N–H and O–H groups in total. The number of hydrogen-bond donors (Lipinski definition) is 0. The molecule has 0 rings (SSSR count). The molecule has 0 aliphatic carbocycles. The van der Waals surface area contributed by atoms with E-state index < -0.39 is 17.6 Å². The molecule has 6 nitrogen and oxygen atoms in total. The third-order valence-corrected chi connectivity index (χ3v) is 10.3. The first-order valence-corrected chi connectivity index (χ1v) is 10.6. The van der Waals surface area contributed by atoms with Crippen LogP contribution < -0.4 is 0 Å². The molecule has 0 atom stereocenters. The smallest absolute Gasteiger partial charge is 0.374 e. The molecule has 0 spiro atoms. The molecule has 8 heteroatoms. The van der Waals surface area contributed by atoms with E-state index in [2.05, 4.69) is 6.58 Å². The lowest BCUT2D eigenvalue weighted by Crippen LogP contribution is -2.59. The van der Waals surface area contributed by atoms with Gasteiger partial charge < -0.3 is 26.6 Å². The van der Waals surface area contributed by atoms with E-state index in [0.29, 0.717) is 0 Å². The van der Waals surface area contributed by atoms with Gasteiger partial charge in [0.2, 0.25) is 0 Å². The van der Waals surface area contributed by atoms with Gasteiger partial charge in [-0.05, 0) is 25.7 Å². The van der Waals surface area contributed by atoms with E-state index in [1.165, 1.54) is 0 Å². The molecular formula is C14H30O6Si2. The second-order valence-electron chi connectivity index (χ2n) is 4.53. The van der Waals surface area contributed by atoms with Gasteiger partial charge in [0.05, 0.1) is 4.82 Å². The Kier molecular flexibility index (Phi) is 11.1. The van der Waals surface area contributed by atoms with E-state index in [0.717, 1.165) is 30.5 Å². The van der Waals surface area contributed by atoms with Gasteiger partial charge in [0.25, 0.3) is 0 Å². The molecule has 0 radical (unpaired) electrons. The number of unbranched alkanes of at least 4 members (excludes halogenated alkanes) is 3. The molecule has 0 heterocycles. The van der Waals surface area contributed by atoms with E-state index in [1.54, 1.807) is 42.7 Å². The van der Waals surface area contributed by atoms with E-state index in [1.807, 2.05) is 12.2 Å². The van der Waals surface area contributed by atoms with Crippen LogP contribution in [-0.4, -0.2) is 60.3 Å². The van der Waals surface area contributed by atoms with Crippen molar-refractivity contribution in [3.05, 3.63) is 23.6 Å². The van der Waals surface area contributed by atoms with Crippen molar-refractivity contribution in [3.8, 4) is 0 Å². The minimum Gasteiger partial charge on any atom is -0.374 e. The molecule has 22 heavy (non-hydrogen) atoms. The van der Waals surface area contributed by atoms with Crippen LogP contribution in [0.5, 0.6) is 0 Å². The van der Waals surface area contributed by atoms with Crippen molar-refractivity contribution in [2.75, 3.05) is 42.7 Å². The van der Waals surface area contributed by atoms with Crippen LogP contribution in [0.25, 0.3) is 0 Å². The Hall–Kier alpha value is -0.326. The van der Waals surface area contributed by atoms with Gasteiger partial charge in [-0.2, -0.15) is 0 Å². The van der Waals surface area contributed by atoms with Gasteiger partial charge in [-0.3, -0.25) is 0 Å². The van der Waals surface area contributed by atoms with E-state index in [4.69, 9.17) is 26.6 Å². The first-order chi connectivity index (χ1) is 10.6. The van der Waals surface area contributed by atoms with Crippen molar-refractivity contribution in [1.82, 2.24) is 0 Å². The van der Waals surface area contributed by atoms with Crippen LogP contribution in [-0.2, 0) is 26.6 Å². The minimum absolute atomic E-state index is 0.735. The van der Waals surface area contributed by atoms with Crippen LogP contribution in [0.1, 0.15) is 25.7 Å². The van der Waals surface area contributed by atoms with Gasteiger partial charge in [0.1, 0.15) is 0 Å². The van der Waals surface area contributed by atoms with Crippen molar-refractivity contribution >= 4 is 17.6 Å². The summed E-state index contributed by atoms with van der Waals surface area (Å²) in [6.45, 7) is 3.73. The molecule has 0 fully saturated rings. The van der Waals surface area contributed by atoms with Crippen molar-refractivity contribution in [2.45, 2.75) is 25.7 Å². The second-order valence-corrected chi connectivity index (χ2v) is 10.8. The topological polar surface area (TPSA) is 55.4 Å². The second kappa shape index (κ2) is 11.2. The van der Waals surface area contributed by atoms with Gasteiger partial charge >= 0.3 is 17.6 Å². The molecule has 0 aliphatic heterocycles. The van der Waals surface area contributed by atoms with Gasteiger partial charge in [0.15, 0.2) is 0 Å². The lowest BCUT2D eigenvalue weighted by molar-refractivity contribution is 0.111. The summed E-state index contributed by atoms with van der Waals surface area (Å²) < 4.78 is 33.6. The largest absolute Gasteiger partial charge is 0.535 e. The average molecular weight is 351 g/mol. The fraction of sp³-hybridized carbons (Fsp3) is 0.714. The fourth-order valence-corrected chi connectivity index (χ4v) is 8.72. The Labute approximate surface area is 136 Å². The van der Waals surface area contributed by atoms with E-state index >= 15 is 0 Å². The summed E-state index contributed by atoms with van der Waals surface area (Å²) >= 11 is 0. The van der Waals surface area contributed by atoms with E-state index in [9.17, 15) is 0 Å². The predicted octanol–water partition coefficient (Wildman–Crippen LogP) is 2.49. The number of rotatable bonds is 13. The zero-order valence-corrected chi connectivity index (χ0v) is 16.6. The Morgan fingerprint density at radius 2 is 1.09 bits per heavy atom. The Bertz CT molecular complexity index is 302. The molecule has 0 amide bonds. The summed E-state index contributed by atoms with van der Waals surface area (Å²) in [5.41, 5.74) is 0. The molecule has 130 valence electrons. The Morgan fingerprint density at radius 1 is 0.727 bits per heavy atom. The summed E-state index contributed by atoms with van der Waals surface area (Å²) in [4.78, 5) is 0.735. The van der Waals surface area contributed by atoms with Crippen LogP contribution in [0.4, 0.5) is 0 Å². The summed E-state index contributed by atoms with van der Waals surface area (Å²) in [5.74, 6) is 0. The highest BCUT2D eigenvalue weighted by molar-refractivity contribution is 6.91. The monoisotopic (exact) mass is 350 g/mol. The fourth-order valence-electron chi connectivity index (χ4n) is 2.28. The van der Waals surface area contributed by atoms with Crippen LogP contribution >= 0.6 is 0 Å². The molecule has 0 bridgehead atoms. The number of allylic oxidation sites excluding steroid dienone is 2. The van der Waals surface area contributed by atoms with Crippen LogP contribution in [0, 0.1) is 0 Å². The molecule has 0 aromatic carbocycles. The summed E-state index contributed by atoms with van der Waals surface area (Å²) in [6, 6.07) is 0. The highest BCUT2D eigenvalue weighted by atomic mass is 28.5. The molecular weight excluding hydrogens is 320 g/mol. The highest BCUT2D eigenvalue weighted by Gasteiger charge is 2.59.